The first kappa shape index (κ1) is 12.4. The van der Waals surface area contributed by atoms with Crippen LogP contribution in [0.5, 0.6) is 0 Å². The molecule has 0 aliphatic heterocycles. The average Bonchev–Trinajstić information content (AvgIpc) is 3.06. The molecule has 0 radical (unpaired) electrons. The van der Waals surface area contributed by atoms with Gasteiger partial charge in [-0.1, -0.05) is 0 Å². The van der Waals surface area contributed by atoms with Gasteiger partial charge in [-0.25, -0.2) is 4.98 Å². The zero-order valence-electron chi connectivity index (χ0n) is 11.6. The molecule has 104 valence electrons. The molecule has 3 aromatic heterocycles. The number of aromatic amines is 1. The van der Waals surface area contributed by atoms with Gasteiger partial charge in [0.15, 0.2) is 5.65 Å². The molecular formula is C12H16N8. The second-order valence-corrected chi connectivity index (χ2v) is 4.56. The predicted molar refractivity (Wildman–Crippen MR) is 76.5 cm³/mol. The smallest absolute Gasteiger partial charge is 0.226 e. The Bertz CT molecular complexity index is 728. The number of hydrogen-bond acceptors (Lipinski definition) is 6. The number of hydrogen-bond donors (Lipinski definition) is 2. The highest BCUT2D eigenvalue weighted by Gasteiger charge is 2.14. The molecule has 0 atom stereocenters. The number of H-pyrrole nitrogens is 1. The molecule has 0 fully saturated rings. The summed E-state index contributed by atoms with van der Waals surface area (Å²) in [6.07, 6.45) is 5.45. The highest BCUT2D eigenvalue weighted by Crippen LogP contribution is 2.23. The molecule has 0 saturated carbocycles. The number of rotatable bonds is 4. The van der Waals surface area contributed by atoms with E-state index in [0.717, 1.165) is 17.0 Å². The number of imidazole rings is 1. The first-order valence-electron chi connectivity index (χ1n) is 6.25. The normalized spacial score (nSPS) is 10.9. The van der Waals surface area contributed by atoms with Crippen LogP contribution in [0.3, 0.4) is 0 Å². The second-order valence-electron chi connectivity index (χ2n) is 4.56. The number of aryl methyl sites for hydroxylation is 1. The third-order valence-corrected chi connectivity index (χ3v) is 3.17. The topological polar surface area (TPSA) is 87.5 Å². The van der Waals surface area contributed by atoms with E-state index in [1.165, 1.54) is 0 Å². The minimum atomic E-state index is 0.559. The van der Waals surface area contributed by atoms with E-state index in [-0.39, 0.29) is 0 Å². The van der Waals surface area contributed by atoms with E-state index in [1.807, 2.05) is 29.8 Å². The van der Waals surface area contributed by atoms with Gasteiger partial charge >= 0.3 is 0 Å². The predicted octanol–water partition coefficient (Wildman–Crippen LogP) is 0.764. The van der Waals surface area contributed by atoms with Gasteiger partial charge < -0.3 is 14.8 Å². The summed E-state index contributed by atoms with van der Waals surface area (Å²) in [6, 6.07) is 0. The van der Waals surface area contributed by atoms with Crippen molar-refractivity contribution in [3.63, 3.8) is 0 Å². The Morgan fingerprint density at radius 2 is 2.25 bits per heavy atom. The lowest BCUT2D eigenvalue weighted by Crippen LogP contribution is -2.21. The third-order valence-electron chi connectivity index (χ3n) is 3.17. The van der Waals surface area contributed by atoms with Crippen LogP contribution < -0.4 is 10.2 Å². The van der Waals surface area contributed by atoms with E-state index in [0.29, 0.717) is 18.1 Å². The van der Waals surface area contributed by atoms with Crippen LogP contribution in [0.4, 0.5) is 11.8 Å². The Labute approximate surface area is 115 Å². The Morgan fingerprint density at radius 3 is 2.95 bits per heavy atom. The molecule has 3 aromatic rings. The molecule has 0 bridgehead atoms. The number of fused-ring (bicyclic) bond motifs is 1. The fourth-order valence-electron chi connectivity index (χ4n) is 2.06. The highest BCUT2D eigenvalue weighted by atomic mass is 15.3. The largest absolute Gasteiger partial charge is 0.357 e. The minimum absolute atomic E-state index is 0.559. The van der Waals surface area contributed by atoms with Gasteiger partial charge in [0.2, 0.25) is 5.95 Å². The van der Waals surface area contributed by atoms with Gasteiger partial charge in [0.1, 0.15) is 11.6 Å². The van der Waals surface area contributed by atoms with Crippen molar-refractivity contribution in [2.45, 2.75) is 6.54 Å². The summed E-state index contributed by atoms with van der Waals surface area (Å²) in [5.74, 6) is 2.34. The van der Waals surface area contributed by atoms with Crippen LogP contribution in [0.15, 0.2) is 18.6 Å². The van der Waals surface area contributed by atoms with Gasteiger partial charge in [-0.3, -0.25) is 5.10 Å². The molecule has 0 aliphatic carbocycles. The van der Waals surface area contributed by atoms with Gasteiger partial charge in [0.25, 0.3) is 0 Å². The fraction of sp³-hybridized carbons (Fsp3) is 0.333. The molecule has 2 N–H and O–H groups in total. The quantitative estimate of drug-likeness (QED) is 0.729. The Balaban J connectivity index is 2.00. The zero-order chi connectivity index (χ0) is 14.1. The van der Waals surface area contributed by atoms with Crippen molar-refractivity contribution in [3.05, 3.63) is 24.4 Å². The Hall–Kier alpha value is -2.64. The Kier molecular flexibility index (Phi) is 2.97. The van der Waals surface area contributed by atoms with Gasteiger partial charge in [-0.15, -0.1) is 0 Å². The lowest BCUT2D eigenvalue weighted by molar-refractivity contribution is 0.757. The third kappa shape index (κ3) is 2.04. The maximum absolute atomic E-state index is 4.51. The molecule has 3 rings (SSSR count). The number of aromatic nitrogens is 6. The lowest BCUT2D eigenvalue weighted by Gasteiger charge is -2.19. The van der Waals surface area contributed by atoms with Gasteiger partial charge in [-0.05, 0) is 0 Å². The summed E-state index contributed by atoms with van der Waals surface area (Å²) < 4.78 is 1.99. The summed E-state index contributed by atoms with van der Waals surface area (Å²) in [5, 5.41) is 10.7. The summed E-state index contributed by atoms with van der Waals surface area (Å²) in [7, 11) is 5.74. The highest BCUT2D eigenvalue weighted by molar-refractivity contribution is 5.87. The van der Waals surface area contributed by atoms with Crippen LogP contribution in [0.1, 0.15) is 5.82 Å². The first-order valence-corrected chi connectivity index (χ1v) is 6.25. The standard InChI is InChI=1S/C12H16N8/c1-13-12-16-10-8(6-15-18-10)11(17-12)20(3)7-9-14-4-5-19(9)2/h4-6H,7H2,1-3H3,(H2,13,15,16,17,18). The minimum Gasteiger partial charge on any atom is -0.357 e. The van der Waals surface area contributed by atoms with Crippen molar-refractivity contribution in [3.8, 4) is 0 Å². The molecule has 0 aliphatic rings. The monoisotopic (exact) mass is 272 g/mol. The molecule has 0 unspecified atom stereocenters. The van der Waals surface area contributed by atoms with Crippen molar-refractivity contribution in [2.24, 2.45) is 7.05 Å². The lowest BCUT2D eigenvalue weighted by atomic mass is 10.3. The summed E-state index contributed by atoms with van der Waals surface area (Å²) in [4.78, 5) is 15.2. The number of anilines is 2. The molecule has 0 spiro atoms. The maximum Gasteiger partial charge on any atom is 0.226 e. The molecule has 20 heavy (non-hydrogen) atoms. The summed E-state index contributed by atoms with van der Waals surface area (Å²) in [6.45, 7) is 0.657. The van der Waals surface area contributed by atoms with Crippen LogP contribution >= 0.6 is 0 Å². The van der Waals surface area contributed by atoms with E-state index in [2.05, 4.69) is 30.5 Å². The van der Waals surface area contributed by atoms with Gasteiger partial charge in [0.05, 0.1) is 18.1 Å². The van der Waals surface area contributed by atoms with Gasteiger partial charge in [-0.2, -0.15) is 15.1 Å². The van der Waals surface area contributed by atoms with E-state index in [4.69, 9.17) is 0 Å². The van der Waals surface area contributed by atoms with E-state index in [9.17, 15) is 0 Å². The van der Waals surface area contributed by atoms with Crippen molar-refractivity contribution in [1.29, 1.82) is 0 Å². The molecule has 0 saturated heterocycles. The summed E-state index contributed by atoms with van der Waals surface area (Å²) >= 11 is 0. The fourth-order valence-corrected chi connectivity index (χ4v) is 2.06. The van der Waals surface area contributed by atoms with Crippen molar-refractivity contribution in [1.82, 2.24) is 29.7 Å². The summed E-state index contributed by atoms with van der Waals surface area (Å²) in [5.41, 5.74) is 0.714. The van der Waals surface area contributed by atoms with Crippen LogP contribution in [0.25, 0.3) is 11.0 Å². The molecule has 0 aromatic carbocycles. The molecular weight excluding hydrogens is 256 g/mol. The average molecular weight is 272 g/mol. The van der Waals surface area contributed by atoms with E-state index in [1.54, 1.807) is 19.4 Å². The number of nitrogens with zero attached hydrogens (tertiary/aromatic N) is 6. The molecule has 8 nitrogen and oxygen atoms in total. The van der Waals surface area contributed by atoms with E-state index >= 15 is 0 Å². The number of nitrogens with one attached hydrogen (secondary N) is 2. The van der Waals surface area contributed by atoms with Crippen LogP contribution in [-0.4, -0.2) is 43.8 Å². The van der Waals surface area contributed by atoms with Crippen LogP contribution in [-0.2, 0) is 13.6 Å². The molecule has 0 amide bonds. The van der Waals surface area contributed by atoms with Gasteiger partial charge in [0, 0.05) is 33.5 Å². The zero-order valence-corrected chi connectivity index (χ0v) is 11.6. The van der Waals surface area contributed by atoms with Crippen molar-refractivity contribution < 1.29 is 0 Å². The SMILES string of the molecule is CNc1nc(N(C)Cc2nccn2C)c2cn[nH]c2n1. The van der Waals surface area contributed by atoms with Crippen LogP contribution in [0, 0.1) is 0 Å². The van der Waals surface area contributed by atoms with Crippen LogP contribution in [0.2, 0.25) is 0 Å². The van der Waals surface area contributed by atoms with Crippen molar-refractivity contribution >= 4 is 22.8 Å². The molecule has 3 heterocycles. The Morgan fingerprint density at radius 1 is 1.40 bits per heavy atom. The second kappa shape index (κ2) is 4.80. The van der Waals surface area contributed by atoms with Crippen molar-refractivity contribution in [2.75, 3.05) is 24.3 Å². The van der Waals surface area contributed by atoms with E-state index < -0.39 is 0 Å². The first-order chi connectivity index (χ1) is 9.69. The maximum atomic E-state index is 4.51. The molecule has 8 heteroatoms.